The van der Waals surface area contributed by atoms with Crippen LogP contribution in [0, 0.1) is 0 Å². The number of nitrogens with zero attached hydrogens (tertiary/aromatic N) is 2. The number of ether oxygens (including phenoxy) is 2. The quantitative estimate of drug-likeness (QED) is 0.320. The van der Waals surface area contributed by atoms with Gasteiger partial charge in [-0.05, 0) is 56.8 Å². The highest BCUT2D eigenvalue weighted by molar-refractivity contribution is 6.14. The minimum atomic E-state index is -0.741. The molecular formula is C29H36N2O5. The lowest BCUT2D eigenvalue weighted by Crippen LogP contribution is -2.36. The van der Waals surface area contributed by atoms with Crippen LogP contribution in [-0.4, -0.2) is 67.0 Å². The summed E-state index contributed by atoms with van der Waals surface area (Å²) >= 11 is 0. The van der Waals surface area contributed by atoms with Crippen molar-refractivity contribution in [2.75, 3.05) is 40.4 Å². The van der Waals surface area contributed by atoms with E-state index >= 15 is 0 Å². The van der Waals surface area contributed by atoms with E-state index in [1.807, 2.05) is 68.4 Å². The number of aliphatic hydroxyl groups is 1. The molecule has 0 saturated carbocycles. The van der Waals surface area contributed by atoms with E-state index in [0.717, 1.165) is 18.4 Å². The van der Waals surface area contributed by atoms with Gasteiger partial charge in [-0.15, -0.1) is 0 Å². The number of carbonyl (C=O) groups excluding carboxylic acids is 2. The van der Waals surface area contributed by atoms with Gasteiger partial charge in [-0.2, -0.15) is 0 Å². The molecule has 1 N–H and O–H groups in total. The number of allylic oxidation sites excluding steroid dienone is 1. The zero-order chi connectivity index (χ0) is 26.1. The fourth-order valence-electron chi connectivity index (χ4n) is 4.02. The summed E-state index contributed by atoms with van der Waals surface area (Å²) in [5, 5.41) is 10.8. The molecule has 3 rings (SSSR count). The van der Waals surface area contributed by atoms with Crippen LogP contribution in [0.5, 0.6) is 11.5 Å². The number of aliphatic hydroxyl groups excluding tert-OH is 1. The van der Waals surface area contributed by atoms with Crippen LogP contribution in [0.15, 0.2) is 65.9 Å². The average Bonchev–Trinajstić information content (AvgIpc) is 3.12. The van der Waals surface area contributed by atoms with E-state index in [1.54, 1.807) is 17.0 Å². The number of carbonyl (C=O) groups is 2. The van der Waals surface area contributed by atoms with Gasteiger partial charge in [0.05, 0.1) is 24.8 Å². The van der Waals surface area contributed by atoms with Crippen molar-refractivity contribution < 1.29 is 24.2 Å². The Hall–Kier alpha value is -3.58. The van der Waals surface area contributed by atoms with Gasteiger partial charge in [-0.1, -0.05) is 55.8 Å². The zero-order valence-corrected chi connectivity index (χ0v) is 21.6. The molecule has 1 heterocycles. The SMILES string of the molecule is CCCCOc1ccc(C2C(C(=O)C=Cc3ccccc3)=C(O)C(=O)N2CCN(C)C)cc1OCC. The van der Waals surface area contributed by atoms with Crippen molar-refractivity contribution in [3.05, 3.63) is 77.1 Å². The van der Waals surface area contributed by atoms with Crippen LogP contribution < -0.4 is 9.47 Å². The molecule has 1 aliphatic rings. The third kappa shape index (κ3) is 6.55. The van der Waals surface area contributed by atoms with Crippen molar-refractivity contribution in [2.45, 2.75) is 32.7 Å². The predicted octanol–water partition coefficient (Wildman–Crippen LogP) is 4.80. The minimum Gasteiger partial charge on any atom is -0.503 e. The first kappa shape index (κ1) is 27.0. The molecule has 1 amide bonds. The zero-order valence-electron chi connectivity index (χ0n) is 21.6. The lowest BCUT2D eigenvalue weighted by molar-refractivity contribution is -0.129. The highest BCUT2D eigenvalue weighted by Crippen LogP contribution is 2.41. The van der Waals surface area contributed by atoms with Crippen molar-refractivity contribution in [1.82, 2.24) is 9.80 Å². The van der Waals surface area contributed by atoms with Crippen LogP contribution in [0.1, 0.15) is 43.9 Å². The van der Waals surface area contributed by atoms with Crippen LogP contribution in [-0.2, 0) is 9.59 Å². The van der Waals surface area contributed by atoms with E-state index in [0.29, 0.717) is 43.4 Å². The molecule has 0 aliphatic carbocycles. The van der Waals surface area contributed by atoms with Gasteiger partial charge < -0.3 is 24.4 Å². The monoisotopic (exact) mass is 492 g/mol. The smallest absolute Gasteiger partial charge is 0.290 e. The Kier molecular flexibility index (Phi) is 9.70. The second-order valence-electron chi connectivity index (χ2n) is 8.92. The molecule has 0 aromatic heterocycles. The van der Waals surface area contributed by atoms with Crippen LogP contribution in [0.4, 0.5) is 0 Å². The highest BCUT2D eigenvalue weighted by atomic mass is 16.5. The summed E-state index contributed by atoms with van der Waals surface area (Å²) in [5.41, 5.74) is 1.59. The molecule has 7 heteroatoms. The molecule has 7 nitrogen and oxygen atoms in total. The molecule has 0 saturated heterocycles. The number of hydrogen-bond acceptors (Lipinski definition) is 6. The second-order valence-corrected chi connectivity index (χ2v) is 8.92. The summed E-state index contributed by atoms with van der Waals surface area (Å²) in [6, 6.07) is 14.1. The van der Waals surface area contributed by atoms with Gasteiger partial charge in [-0.3, -0.25) is 9.59 Å². The van der Waals surface area contributed by atoms with Crippen LogP contribution >= 0.6 is 0 Å². The molecule has 192 valence electrons. The van der Waals surface area contributed by atoms with Gasteiger partial charge in [0.15, 0.2) is 23.0 Å². The number of unbranched alkanes of at least 4 members (excludes halogenated alkanes) is 1. The van der Waals surface area contributed by atoms with Gasteiger partial charge >= 0.3 is 0 Å². The first-order valence-electron chi connectivity index (χ1n) is 12.4. The Labute approximate surface area is 213 Å². The van der Waals surface area contributed by atoms with Gasteiger partial charge in [0, 0.05) is 13.1 Å². The van der Waals surface area contributed by atoms with Gasteiger partial charge in [0.2, 0.25) is 0 Å². The molecule has 0 fully saturated rings. The Morgan fingerprint density at radius 3 is 2.50 bits per heavy atom. The van der Waals surface area contributed by atoms with Crippen LogP contribution in [0.25, 0.3) is 6.08 Å². The van der Waals surface area contributed by atoms with E-state index in [9.17, 15) is 14.7 Å². The standard InChI is InChI=1S/C29H36N2O5/c1-5-7-19-36-24-16-14-22(20-25(24)35-6-2)27-26(23(32)15-13-21-11-9-8-10-12-21)28(33)29(34)31(27)18-17-30(3)4/h8-16,20,27,33H,5-7,17-19H2,1-4H3. The maximum Gasteiger partial charge on any atom is 0.290 e. The normalized spacial score (nSPS) is 15.9. The van der Waals surface area contributed by atoms with Crippen LogP contribution in [0.2, 0.25) is 0 Å². The fourth-order valence-corrected chi connectivity index (χ4v) is 4.02. The van der Waals surface area contributed by atoms with E-state index in [-0.39, 0.29) is 5.57 Å². The number of hydrogen-bond donors (Lipinski definition) is 1. The summed E-state index contributed by atoms with van der Waals surface area (Å²) in [7, 11) is 3.82. The minimum absolute atomic E-state index is 0.0630. The number of benzene rings is 2. The molecule has 0 radical (unpaired) electrons. The largest absolute Gasteiger partial charge is 0.503 e. The number of rotatable bonds is 13. The summed E-state index contributed by atoms with van der Waals surface area (Å²) in [4.78, 5) is 29.9. The third-order valence-corrected chi connectivity index (χ3v) is 5.92. The van der Waals surface area contributed by atoms with Crippen molar-refractivity contribution in [2.24, 2.45) is 0 Å². The molecule has 1 atom stereocenters. The Morgan fingerprint density at radius 1 is 1.08 bits per heavy atom. The molecule has 2 aromatic carbocycles. The summed E-state index contributed by atoms with van der Waals surface area (Å²) < 4.78 is 11.7. The van der Waals surface area contributed by atoms with E-state index in [1.165, 1.54) is 6.08 Å². The Bertz CT molecular complexity index is 1110. The summed E-state index contributed by atoms with van der Waals surface area (Å²) in [6.45, 7) is 5.92. The van der Waals surface area contributed by atoms with Crippen molar-refractivity contribution >= 4 is 17.8 Å². The maximum atomic E-state index is 13.3. The van der Waals surface area contributed by atoms with Gasteiger partial charge in [0.1, 0.15) is 0 Å². The molecule has 0 spiro atoms. The number of ketones is 1. The van der Waals surface area contributed by atoms with Crippen molar-refractivity contribution in [3.8, 4) is 11.5 Å². The van der Waals surface area contributed by atoms with E-state index in [4.69, 9.17) is 9.47 Å². The first-order valence-corrected chi connectivity index (χ1v) is 12.4. The number of amides is 1. The second kappa shape index (κ2) is 12.9. The topological polar surface area (TPSA) is 79.3 Å². The highest BCUT2D eigenvalue weighted by Gasteiger charge is 2.43. The molecule has 36 heavy (non-hydrogen) atoms. The van der Waals surface area contributed by atoms with Gasteiger partial charge in [-0.25, -0.2) is 0 Å². The lowest BCUT2D eigenvalue weighted by Gasteiger charge is -2.28. The molecular weight excluding hydrogens is 456 g/mol. The molecule has 1 aliphatic heterocycles. The van der Waals surface area contributed by atoms with E-state index in [2.05, 4.69) is 6.92 Å². The third-order valence-electron chi connectivity index (χ3n) is 5.92. The lowest BCUT2D eigenvalue weighted by atomic mass is 9.95. The summed E-state index contributed by atoms with van der Waals surface area (Å²) in [5.74, 6) is -0.321. The predicted molar refractivity (Wildman–Crippen MR) is 141 cm³/mol. The average molecular weight is 493 g/mol. The maximum absolute atomic E-state index is 13.3. The van der Waals surface area contributed by atoms with Crippen molar-refractivity contribution in [1.29, 1.82) is 0 Å². The summed E-state index contributed by atoms with van der Waals surface area (Å²) in [6.07, 6.45) is 5.02. The Balaban J connectivity index is 2.00. The fraction of sp³-hybridized carbons (Fsp3) is 0.379. The molecule has 2 aromatic rings. The number of likely N-dealkylation sites (N-methyl/N-ethyl adjacent to an activating group) is 1. The molecule has 0 bridgehead atoms. The first-order chi connectivity index (χ1) is 17.4. The van der Waals surface area contributed by atoms with E-state index < -0.39 is 23.5 Å². The van der Waals surface area contributed by atoms with Crippen molar-refractivity contribution in [3.63, 3.8) is 0 Å². The van der Waals surface area contributed by atoms with Crippen LogP contribution in [0.3, 0.4) is 0 Å². The van der Waals surface area contributed by atoms with Gasteiger partial charge in [0.25, 0.3) is 5.91 Å². The molecule has 1 unspecified atom stereocenters. The Morgan fingerprint density at radius 2 is 1.83 bits per heavy atom.